The molecule has 0 aromatic heterocycles. The number of hydrogen-bond acceptors (Lipinski definition) is 1. The summed E-state index contributed by atoms with van der Waals surface area (Å²) < 4.78 is 0. The number of nitrogens with one attached hydrogen (secondary N) is 1. The highest BCUT2D eigenvalue weighted by molar-refractivity contribution is 5.48. The predicted octanol–water partition coefficient (Wildman–Crippen LogP) is 3.72. The van der Waals surface area contributed by atoms with Gasteiger partial charge in [-0.3, -0.25) is 0 Å². The molecule has 0 bridgehead atoms. The van der Waals surface area contributed by atoms with Crippen LogP contribution in [0.4, 0.5) is 5.69 Å². The molecule has 1 nitrogen and oxygen atoms in total. The number of benzene rings is 1. The van der Waals surface area contributed by atoms with Crippen LogP contribution in [0.15, 0.2) is 36.0 Å². The summed E-state index contributed by atoms with van der Waals surface area (Å²) >= 11 is 0. The number of aryl methyl sites for hydroxylation is 1. The van der Waals surface area contributed by atoms with Gasteiger partial charge in [0.05, 0.1) is 0 Å². The number of anilines is 1. The van der Waals surface area contributed by atoms with Crippen LogP contribution in [-0.4, -0.2) is 0 Å². The first kappa shape index (κ1) is 9.85. The van der Waals surface area contributed by atoms with Gasteiger partial charge in [0.2, 0.25) is 0 Å². The predicted molar refractivity (Wildman–Crippen MR) is 58.8 cm³/mol. The first-order valence-corrected chi connectivity index (χ1v) is 4.75. The van der Waals surface area contributed by atoms with E-state index in [4.69, 9.17) is 0 Å². The SMILES string of the molecule is CC=C(CC)Nc1ccc(C)cc1. The lowest BCUT2D eigenvalue weighted by atomic mass is 10.2. The molecule has 1 aromatic rings. The third kappa shape index (κ3) is 2.94. The lowest BCUT2D eigenvalue weighted by Gasteiger charge is -2.08. The van der Waals surface area contributed by atoms with E-state index in [1.165, 1.54) is 16.9 Å². The fourth-order valence-corrected chi connectivity index (χ4v) is 1.19. The Balaban J connectivity index is 2.69. The van der Waals surface area contributed by atoms with Crippen molar-refractivity contribution in [1.29, 1.82) is 0 Å². The van der Waals surface area contributed by atoms with Gasteiger partial charge in [0, 0.05) is 11.4 Å². The molecule has 0 radical (unpaired) electrons. The van der Waals surface area contributed by atoms with Crippen molar-refractivity contribution in [2.75, 3.05) is 5.32 Å². The molecule has 0 atom stereocenters. The van der Waals surface area contributed by atoms with Crippen LogP contribution in [0, 0.1) is 6.92 Å². The molecule has 1 N–H and O–H groups in total. The van der Waals surface area contributed by atoms with Crippen molar-refractivity contribution in [3.63, 3.8) is 0 Å². The van der Waals surface area contributed by atoms with Crippen molar-refractivity contribution in [2.45, 2.75) is 27.2 Å². The molecular formula is C12H17N. The van der Waals surface area contributed by atoms with Crippen LogP contribution in [-0.2, 0) is 0 Å². The molecule has 0 spiro atoms. The number of allylic oxidation sites excluding steroid dienone is 2. The van der Waals surface area contributed by atoms with Gasteiger partial charge in [-0.1, -0.05) is 30.7 Å². The van der Waals surface area contributed by atoms with Gasteiger partial charge in [-0.15, -0.1) is 0 Å². The van der Waals surface area contributed by atoms with Crippen LogP contribution in [0.5, 0.6) is 0 Å². The van der Waals surface area contributed by atoms with Gasteiger partial charge in [-0.25, -0.2) is 0 Å². The Kier molecular flexibility index (Phi) is 3.56. The normalized spacial score (nSPS) is 11.5. The van der Waals surface area contributed by atoms with Crippen LogP contribution in [0.1, 0.15) is 25.8 Å². The van der Waals surface area contributed by atoms with Crippen molar-refractivity contribution in [1.82, 2.24) is 0 Å². The highest BCUT2D eigenvalue weighted by Crippen LogP contribution is 2.12. The Morgan fingerprint density at radius 1 is 1.31 bits per heavy atom. The molecule has 13 heavy (non-hydrogen) atoms. The summed E-state index contributed by atoms with van der Waals surface area (Å²) in [6.45, 7) is 6.30. The van der Waals surface area contributed by atoms with Crippen LogP contribution in [0.3, 0.4) is 0 Å². The maximum atomic E-state index is 3.37. The van der Waals surface area contributed by atoms with Gasteiger partial charge in [-0.2, -0.15) is 0 Å². The van der Waals surface area contributed by atoms with Crippen LogP contribution < -0.4 is 5.32 Å². The molecule has 0 amide bonds. The zero-order chi connectivity index (χ0) is 9.68. The minimum absolute atomic E-state index is 1.05. The Morgan fingerprint density at radius 2 is 1.92 bits per heavy atom. The molecule has 0 unspecified atom stereocenters. The lowest BCUT2D eigenvalue weighted by molar-refractivity contribution is 1.10. The smallest absolute Gasteiger partial charge is 0.0381 e. The average molecular weight is 175 g/mol. The van der Waals surface area contributed by atoms with Crippen LogP contribution in [0.25, 0.3) is 0 Å². The van der Waals surface area contributed by atoms with E-state index in [2.05, 4.69) is 56.4 Å². The quantitative estimate of drug-likeness (QED) is 0.738. The van der Waals surface area contributed by atoms with Crippen molar-refractivity contribution in [2.24, 2.45) is 0 Å². The molecule has 0 aliphatic carbocycles. The summed E-state index contributed by atoms with van der Waals surface area (Å²) in [5.74, 6) is 0. The summed E-state index contributed by atoms with van der Waals surface area (Å²) in [6.07, 6.45) is 3.16. The third-order valence-electron chi connectivity index (χ3n) is 2.09. The van der Waals surface area contributed by atoms with Gasteiger partial charge in [0.1, 0.15) is 0 Å². The molecule has 0 saturated heterocycles. The minimum Gasteiger partial charge on any atom is -0.359 e. The summed E-state index contributed by atoms with van der Waals surface area (Å²) in [4.78, 5) is 0. The Hall–Kier alpha value is -1.24. The zero-order valence-electron chi connectivity index (χ0n) is 8.59. The van der Waals surface area contributed by atoms with E-state index in [9.17, 15) is 0 Å². The largest absolute Gasteiger partial charge is 0.359 e. The molecule has 0 saturated carbocycles. The first-order chi connectivity index (χ1) is 6.26. The van der Waals surface area contributed by atoms with Gasteiger partial charge >= 0.3 is 0 Å². The second-order valence-corrected chi connectivity index (χ2v) is 3.16. The highest BCUT2D eigenvalue weighted by atomic mass is 14.9. The number of hydrogen-bond donors (Lipinski definition) is 1. The average Bonchev–Trinajstić information content (AvgIpc) is 2.17. The van der Waals surface area contributed by atoms with Gasteiger partial charge in [0.25, 0.3) is 0 Å². The molecule has 0 aliphatic rings. The summed E-state index contributed by atoms with van der Waals surface area (Å²) in [5.41, 5.74) is 3.73. The third-order valence-corrected chi connectivity index (χ3v) is 2.09. The second-order valence-electron chi connectivity index (χ2n) is 3.16. The fourth-order valence-electron chi connectivity index (χ4n) is 1.19. The van der Waals surface area contributed by atoms with Crippen molar-refractivity contribution in [3.05, 3.63) is 41.6 Å². The molecular weight excluding hydrogens is 158 g/mol. The molecule has 1 aromatic carbocycles. The van der Waals surface area contributed by atoms with Crippen molar-refractivity contribution in [3.8, 4) is 0 Å². The Morgan fingerprint density at radius 3 is 2.38 bits per heavy atom. The van der Waals surface area contributed by atoms with E-state index in [1.54, 1.807) is 0 Å². The van der Waals surface area contributed by atoms with E-state index in [0.717, 1.165) is 6.42 Å². The minimum atomic E-state index is 1.05. The monoisotopic (exact) mass is 175 g/mol. The van der Waals surface area contributed by atoms with Gasteiger partial charge in [-0.05, 0) is 32.4 Å². The second kappa shape index (κ2) is 4.70. The fraction of sp³-hybridized carbons (Fsp3) is 0.333. The van der Waals surface area contributed by atoms with E-state index >= 15 is 0 Å². The van der Waals surface area contributed by atoms with Gasteiger partial charge in [0.15, 0.2) is 0 Å². The van der Waals surface area contributed by atoms with Crippen LogP contribution in [0.2, 0.25) is 0 Å². The van der Waals surface area contributed by atoms with Crippen molar-refractivity contribution < 1.29 is 0 Å². The summed E-state index contributed by atoms with van der Waals surface area (Å²) in [6, 6.07) is 8.44. The highest BCUT2D eigenvalue weighted by Gasteiger charge is 1.93. The first-order valence-electron chi connectivity index (χ1n) is 4.75. The Bertz CT molecular complexity index is 282. The molecule has 1 rings (SSSR count). The lowest BCUT2D eigenvalue weighted by Crippen LogP contribution is -1.97. The van der Waals surface area contributed by atoms with Gasteiger partial charge < -0.3 is 5.32 Å². The van der Waals surface area contributed by atoms with E-state index in [0.29, 0.717) is 0 Å². The van der Waals surface area contributed by atoms with E-state index in [-0.39, 0.29) is 0 Å². The van der Waals surface area contributed by atoms with E-state index in [1.807, 2.05) is 0 Å². The standard InChI is InChI=1S/C12H17N/c1-4-11(5-2)13-12-8-6-10(3)7-9-12/h4,6-9,13H,5H2,1-3H3. The molecule has 70 valence electrons. The molecule has 0 aliphatic heterocycles. The van der Waals surface area contributed by atoms with E-state index < -0.39 is 0 Å². The molecule has 1 heteroatoms. The maximum absolute atomic E-state index is 3.37. The molecule has 0 heterocycles. The zero-order valence-corrected chi connectivity index (χ0v) is 8.59. The number of rotatable bonds is 3. The molecule has 0 fully saturated rings. The maximum Gasteiger partial charge on any atom is 0.0381 e. The van der Waals surface area contributed by atoms with Crippen molar-refractivity contribution >= 4 is 5.69 Å². The Labute approximate surface area is 80.5 Å². The van der Waals surface area contributed by atoms with Crippen LogP contribution >= 0.6 is 0 Å². The topological polar surface area (TPSA) is 12.0 Å². The summed E-state index contributed by atoms with van der Waals surface area (Å²) in [5, 5.41) is 3.37. The summed E-state index contributed by atoms with van der Waals surface area (Å²) in [7, 11) is 0.